The first-order chi connectivity index (χ1) is 21.2. The number of nitrogens with two attached hydrogens (primary N) is 1. The van der Waals surface area contributed by atoms with E-state index >= 15 is 0 Å². The summed E-state index contributed by atoms with van der Waals surface area (Å²) in [6.07, 6.45) is 15.9. The molecular weight excluding hydrogens is 544 g/mol. The monoisotopic (exact) mass is 617 g/mol. The average molecular weight is 617 g/mol. The van der Waals surface area contributed by atoms with E-state index in [4.69, 9.17) is 10.5 Å². The van der Waals surface area contributed by atoms with Crippen LogP contribution in [0.25, 0.3) is 0 Å². The fourth-order valence-electron chi connectivity index (χ4n) is 3.75. The second-order valence-electron chi connectivity index (χ2n) is 10.8. The van der Waals surface area contributed by atoms with E-state index in [1.54, 1.807) is 0 Å². The minimum Gasteiger partial charge on any atom is -0.497 e. The van der Waals surface area contributed by atoms with Gasteiger partial charge < -0.3 is 25.2 Å². The van der Waals surface area contributed by atoms with Crippen LogP contribution >= 0.6 is 0 Å². The number of aldehydes is 1. The Labute approximate surface area is 274 Å². The molecule has 0 fully saturated rings. The summed E-state index contributed by atoms with van der Waals surface area (Å²) in [6, 6.07) is 6.05. The molecule has 2 rings (SSSR count). The van der Waals surface area contributed by atoms with Crippen LogP contribution in [0.15, 0.2) is 54.0 Å². The molecule has 0 aliphatic carbocycles. The Morgan fingerprint density at radius 1 is 0.977 bits per heavy atom. The van der Waals surface area contributed by atoms with Gasteiger partial charge in [0.25, 0.3) is 0 Å². The summed E-state index contributed by atoms with van der Waals surface area (Å²) in [7, 11) is 4.11. The SMILES string of the molecule is CC.CCC.CCC.CCCCc1ccc(C=O)cc1N1CCO/C=C(N(CC)CCCN)/C=C\C=C(/C)C1.CCN(C)C. The standard InChI is InChI=1S/C26H39N3O2.C4H11N.2C3H8.C2H6/c1-4-6-10-24-13-12-23(20-30)18-26(24)29-16-17-31-21-25(11-7-9-22(3)19-29)28(5-2)15-8-14-27;1-4-5(2)3;2*1-3-2;1-2/h7,9,11-13,18,20-21H,4-6,8,10,14-17,19,27H2,1-3H3;4H2,1-3H3;2*3H2,1-2H3;1-2H3/b11-7-,22-9+,25-21-;;;;. The topological polar surface area (TPSA) is 62.0 Å². The molecule has 0 bridgehead atoms. The Kier molecular flexibility index (Phi) is 34.7. The molecule has 2 N–H and O–H groups in total. The average Bonchev–Trinajstić information content (AvgIpc) is 3.07. The lowest BCUT2D eigenvalue weighted by atomic mass is 10.0. The first kappa shape index (κ1) is 45.9. The fourth-order valence-corrected chi connectivity index (χ4v) is 3.75. The van der Waals surface area contributed by atoms with Crippen LogP contribution in [0.3, 0.4) is 0 Å². The van der Waals surface area contributed by atoms with Gasteiger partial charge in [-0.25, -0.2) is 0 Å². The molecule has 1 aliphatic heterocycles. The number of likely N-dealkylation sites (N-methyl/N-ethyl adjacent to an activating group) is 1. The maximum atomic E-state index is 11.4. The number of unbranched alkanes of at least 4 members (excludes halogenated alkanes) is 1. The number of hydrogen-bond donors (Lipinski definition) is 1. The number of carbonyl (C=O) groups is 1. The number of nitrogens with zero attached hydrogens (tertiary/aromatic N) is 3. The molecule has 0 atom stereocenters. The Morgan fingerprint density at radius 3 is 2.09 bits per heavy atom. The lowest BCUT2D eigenvalue weighted by Gasteiger charge is -2.28. The third-order valence-corrected chi connectivity index (χ3v) is 6.17. The Bertz CT molecular complexity index is 876. The zero-order chi connectivity index (χ0) is 34.2. The van der Waals surface area contributed by atoms with Crippen molar-refractivity contribution in [3.63, 3.8) is 0 Å². The van der Waals surface area contributed by atoms with Gasteiger partial charge in [-0.2, -0.15) is 0 Å². The molecule has 0 spiro atoms. The van der Waals surface area contributed by atoms with Crippen LogP contribution in [0.4, 0.5) is 5.69 Å². The van der Waals surface area contributed by atoms with Gasteiger partial charge in [-0.3, -0.25) is 4.79 Å². The molecule has 6 nitrogen and oxygen atoms in total. The number of aryl methyl sites for hydroxylation is 1. The maximum absolute atomic E-state index is 11.4. The number of anilines is 1. The van der Waals surface area contributed by atoms with Gasteiger partial charge in [0.2, 0.25) is 0 Å². The molecule has 44 heavy (non-hydrogen) atoms. The van der Waals surface area contributed by atoms with E-state index in [-0.39, 0.29) is 0 Å². The number of carbonyl (C=O) groups excluding carboxylic acids is 1. The normalized spacial score (nSPS) is 15.6. The smallest absolute Gasteiger partial charge is 0.150 e. The van der Waals surface area contributed by atoms with E-state index in [2.05, 4.69) is 108 Å². The van der Waals surface area contributed by atoms with E-state index in [9.17, 15) is 4.79 Å². The Balaban J connectivity index is -0.00000110. The van der Waals surface area contributed by atoms with Gasteiger partial charge in [0.1, 0.15) is 19.2 Å². The minimum atomic E-state index is 0.581. The van der Waals surface area contributed by atoms with Crippen molar-refractivity contribution < 1.29 is 9.53 Å². The highest BCUT2D eigenvalue weighted by Gasteiger charge is 2.14. The predicted molar refractivity (Wildman–Crippen MR) is 198 cm³/mol. The molecule has 1 aliphatic rings. The van der Waals surface area contributed by atoms with E-state index in [1.807, 2.05) is 32.2 Å². The molecular formula is C38H72N4O2. The summed E-state index contributed by atoms with van der Waals surface area (Å²) in [5.41, 5.74) is 11.2. The van der Waals surface area contributed by atoms with Crippen LogP contribution in [0.2, 0.25) is 0 Å². The number of rotatable bonds is 11. The summed E-state index contributed by atoms with van der Waals surface area (Å²) < 4.78 is 5.98. The Morgan fingerprint density at radius 2 is 1.59 bits per heavy atom. The quantitative estimate of drug-likeness (QED) is 0.250. The van der Waals surface area contributed by atoms with Gasteiger partial charge in [-0.15, -0.1) is 0 Å². The van der Waals surface area contributed by atoms with Crippen LogP contribution in [0.5, 0.6) is 0 Å². The maximum Gasteiger partial charge on any atom is 0.150 e. The van der Waals surface area contributed by atoms with Crippen LogP contribution in [-0.4, -0.2) is 76.1 Å². The number of benzene rings is 1. The lowest BCUT2D eigenvalue weighted by Crippen LogP contribution is -2.30. The van der Waals surface area contributed by atoms with Crippen LogP contribution in [-0.2, 0) is 11.2 Å². The largest absolute Gasteiger partial charge is 0.497 e. The summed E-state index contributed by atoms with van der Waals surface area (Å²) in [5, 5.41) is 0. The van der Waals surface area contributed by atoms with Crippen LogP contribution in [0.1, 0.15) is 117 Å². The highest BCUT2D eigenvalue weighted by atomic mass is 16.5. The van der Waals surface area contributed by atoms with Crippen molar-refractivity contribution in [1.29, 1.82) is 0 Å². The van der Waals surface area contributed by atoms with Gasteiger partial charge in [0, 0.05) is 30.9 Å². The van der Waals surface area contributed by atoms with Crippen LogP contribution < -0.4 is 10.6 Å². The van der Waals surface area contributed by atoms with Crippen molar-refractivity contribution in [2.45, 2.75) is 108 Å². The second kappa shape index (κ2) is 33.3. The highest BCUT2D eigenvalue weighted by molar-refractivity contribution is 5.78. The lowest BCUT2D eigenvalue weighted by molar-refractivity contribution is 0.112. The molecule has 256 valence electrons. The molecule has 0 saturated carbocycles. The van der Waals surface area contributed by atoms with E-state index < -0.39 is 0 Å². The van der Waals surface area contributed by atoms with E-state index in [0.29, 0.717) is 18.7 Å². The van der Waals surface area contributed by atoms with Gasteiger partial charge in [-0.05, 0) is 78.0 Å². The van der Waals surface area contributed by atoms with Gasteiger partial charge in [-0.1, -0.05) is 105 Å². The van der Waals surface area contributed by atoms with Crippen molar-refractivity contribution in [3.8, 4) is 0 Å². The van der Waals surface area contributed by atoms with E-state index in [0.717, 1.165) is 76.1 Å². The van der Waals surface area contributed by atoms with Gasteiger partial charge in [0.05, 0.1) is 12.2 Å². The van der Waals surface area contributed by atoms with Crippen molar-refractivity contribution in [3.05, 3.63) is 65.1 Å². The first-order valence-corrected chi connectivity index (χ1v) is 17.3. The summed E-state index contributed by atoms with van der Waals surface area (Å²) in [6.45, 7) is 26.9. The molecule has 1 aromatic rings. The van der Waals surface area contributed by atoms with Gasteiger partial charge >= 0.3 is 0 Å². The third kappa shape index (κ3) is 23.8. The molecule has 0 amide bonds. The fraction of sp³-hybridized carbons (Fsp3) is 0.658. The predicted octanol–water partition coefficient (Wildman–Crippen LogP) is 9.12. The molecule has 0 saturated heterocycles. The third-order valence-electron chi connectivity index (χ3n) is 6.17. The minimum absolute atomic E-state index is 0.581. The zero-order valence-electron chi connectivity index (χ0n) is 31.0. The summed E-state index contributed by atoms with van der Waals surface area (Å²) in [5.74, 6) is 0. The first-order valence-electron chi connectivity index (χ1n) is 17.3. The Hall–Kier alpha value is -2.57. The molecule has 1 aromatic carbocycles. The molecule has 1 heterocycles. The van der Waals surface area contributed by atoms with Gasteiger partial charge in [0.15, 0.2) is 0 Å². The molecule has 0 radical (unpaired) electrons. The summed E-state index contributed by atoms with van der Waals surface area (Å²) in [4.78, 5) is 18.2. The number of hydrogen-bond acceptors (Lipinski definition) is 6. The molecule has 0 aromatic heterocycles. The number of ether oxygens (including phenoxy) is 1. The van der Waals surface area contributed by atoms with Crippen molar-refractivity contribution >= 4 is 12.0 Å². The van der Waals surface area contributed by atoms with E-state index in [1.165, 1.54) is 24.0 Å². The molecule has 0 unspecified atom stereocenters. The van der Waals surface area contributed by atoms with Crippen molar-refractivity contribution in [2.24, 2.45) is 5.73 Å². The van der Waals surface area contributed by atoms with Crippen molar-refractivity contribution in [2.75, 3.05) is 64.9 Å². The molecule has 6 heteroatoms. The zero-order valence-corrected chi connectivity index (χ0v) is 31.0. The van der Waals surface area contributed by atoms with Crippen LogP contribution in [0, 0.1) is 0 Å². The highest BCUT2D eigenvalue weighted by Crippen LogP contribution is 2.25. The van der Waals surface area contributed by atoms with Crippen molar-refractivity contribution in [1.82, 2.24) is 9.80 Å². The second-order valence-corrected chi connectivity index (χ2v) is 10.8. The number of allylic oxidation sites excluding steroid dienone is 3. The summed E-state index contributed by atoms with van der Waals surface area (Å²) >= 11 is 0.